The van der Waals surface area contributed by atoms with Crippen molar-refractivity contribution in [3.63, 3.8) is 0 Å². The molecule has 2 rings (SSSR count). The summed E-state index contributed by atoms with van der Waals surface area (Å²) in [5, 5.41) is 0. The summed E-state index contributed by atoms with van der Waals surface area (Å²) in [6.07, 6.45) is 3.54. The SMILES string of the molecule is CCc1sc(CCC=O)cc1-c1ccccc1. The third-order valence-corrected chi connectivity index (χ3v) is 4.11. The molecule has 17 heavy (non-hydrogen) atoms. The van der Waals surface area contributed by atoms with E-state index in [9.17, 15) is 4.79 Å². The zero-order valence-corrected chi connectivity index (χ0v) is 10.8. The maximum atomic E-state index is 10.4. The van der Waals surface area contributed by atoms with Crippen molar-refractivity contribution in [3.05, 3.63) is 46.2 Å². The number of carbonyl (C=O) groups excluding carboxylic acids is 1. The quantitative estimate of drug-likeness (QED) is 0.723. The third-order valence-electron chi connectivity index (χ3n) is 2.77. The molecule has 0 saturated carbocycles. The number of hydrogen-bond acceptors (Lipinski definition) is 2. The Bertz CT molecular complexity index is 485. The van der Waals surface area contributed by atoms with Gasteiger partial charge in [0.25, 0.3) is 0 Å². The molecule has 0 radical (unpaired) electrons. The van der Waals surface area contributed by atoms with E-state index in [-0.39, 0.29) is 0 Å². The molecule has 88 valence electrons. The van der Waals surface area contributed by atoms with Crippen LogP contribution in [-0.2, 0) is 17.6 Å². The van der Waals surface area contributed by atoms with E-state index in [1.54, 1.807) is 0 Å². The molecule has 1 heterocycles. The summed E-state index contributed by atoms with van der Waals surface area (Å²) in [6, 6.07) is 12.7. The van der Waals surface area contributed by atoms with Gasteiger partial charge in [0, 0.05) is 16.2 Å². The molecule has 0 aliphatic rings. The van der Waals surface area contributed by atoms with Crippen molar-refractivity contribution < 1.29 is 4.79 Å². The molecule has 0 bridgehead atoms. The van der Waals surface area contributed by atoms with Crippen molar-refractivity contribution in [1.29, 1.82) is 0 Å². The van der Waals surface area contributed by atoms with Crippen molar-refractivity contribution in [3.8, 4) is 11.1 Å². The third kappa shape index (κ3) is 2.83. The molecule has 0 saturated heterocycles. The highest BCUT2D eigenvalue weighted by Crippen LogP contribution is 2.32. The number of aldehydes is 1. The molecule has 0 N–H and O–H groups in total. The van der Waals surface area contributed by atoms with Gasteiger partial charge in [0.05, 0.1) is 0 Å². The van der Waals surface area contributed by atoms with Crippen LogP contribution in [-0.4, -0.2) is 6.29 Å². The predicted octanol–water partition coefficient (Wildman–Crippen LogP) is 4.11. The Kier molecular flexibility index (Phi) is 4.10. The number of rotatable bonds is 5. The lowest BCUT2D eigenvalue weighted by atomic mass is 10.0. The molecule has 1 aromatic carbocycles. The lowest BCUT2D eigenvalue weighted by Crippen LogP contribution is -1.80. The molecular formula is C15H16OS. The first-order valence-electron chi connectivity index (χ1n) is 5.95. The van der Waals surface area contributed by atoms with Crippen LogP contribution in [0.4, 0.5) is 0 Å². The van der Waals surface area contributed by atoms with Crippen LogP contribution in [0.1, 0.15) is 23.1 Å². The fourth-order valence-electron chi connectivity index (χ4n) is 1.93. The van der Waals surface area contributed by atoms with Gasteiger partial charge < -0.3 is 4.79 Å². The average Bonchev–Trinajstić information content (AvgIpc) is 2.80. The summed E-state index contributed by atoms with van der Waals surface area (Å²) < 4.78 is 0. The van der Waals surface area contributed by atoms with Crippen LogP contribution in [0.15, 0.2) is 36.4 Å². The summed E-state index contributed by atoms with van der Waals surface area (Å²) in [5.74, 6) is 0. The average molecular weight is 244 g/mol. The Labute approximate surface area is 106 Å². The van der Waals surface area contributed by atoms with E-state index < -0.39 is 0 Å². The van der Waals surface area contributed by atoms with Gasteiger partial charge in [0.2, 0.25) is 0 Å². The van der Waals surface area contributed by atoms with E-state index in [0.717, 1.165) is 19.1 Å². The Hall–Kier alpha value is -1.41. The van der Waals surface area contributed by atoms with Gasteiger partial charge in [-0.05, 0) is 30.0 Å². The smallest absolute Gasteiger partial charge is 0.120 e. The highest BCUT2D eigenvalue weighted by Gasteiger charge is 2.08. The maximum Gasteiger partial charge on any atom is 0.120 e. The van der Waals surface area contributed by atoms with E-state index in [0.29, 0.717) is 6.42 Å². The Morgan fingerprint density at radius 1 is 1.24 bits per heavy atom. The van der Waals surface area contributed by atoms with Crippen LogP contribution in [0.2, 0.25) is 0 Å². The second-order valence-corrected chi connectivity index (χ2v) is 5.20. The first-order valence-corrected chi connectivity index (χ1v) is 6.77. The van der Waals surface area contributed by atoms with Gasteiger partial charge in [0.1, 0.15) is 6.29 Å². The normalized spacial score (nSPS) is 10.4. The minimum atomic E-state index is 0.623. The van der Waals surface area contributed by atoms with E-state index in [2.05, 4.69) is 37.3 Å². The Balaban J connectivity index is 2.33. The molecular weight excluding hydrogens is 228 g/mol. The van der Waals surface area contributed by atoms with E-state index in [4.69, 9.17) is 0 Å². The molecule has 2 heteroatoms. The van der Waals surface area contributed by atoms with Gasteiger partial charge >= 0.3 is 0 Å². The van der Waals surface area contributed by atoms with Crippen molar-refractivity contribution >= 4 is 17.6 Å². The first kappa shape index (κ1) is 12.1. The van der Waals surface area contributed by atoms with Crippen molar-refractivity contribution in [2.45, 2.75) is 26.2 Å². The van der Waals surface area contributed by atoms with Gasteiger partial charge in [-0.15, -0.1) is 11.3 Å². The summed E-state index contributed by atoms with van der Waals surface area (Å²) in [4.78, 5) is 13.1. The van der Waals surface area contributed by atoms with Gasteiger partial charge in [-0.3, -0.25) is 0 Å². The summed E-state index contributed by atoms with van der Waals surface area (Å²) in [5.41, 5.74) is 2.61. The van der Waals surface area contributed by atoms with Crippen LogP contribution in [0.5, 0.6) is 0 Å². The topological polar surface area (TPSA) is 17.1 Å². The van der Waals surface area contributed by atoms with E-state index in [1.165, 1.54) is 20.9 Å². The fourth-order valence-corrected chi connectivity index (χ4v) is 3.08. The lowest BCUT2D eigenvalue weighted by Gasteiger charge is -2.00. The summed E-state index contributed by atoms with van der Waals surface area (Å²) in [7, 11) is 0. The molecule has 0 aliphatic heterocycles. The standard InChI is InChI=1S/C15H16OS/c1-2-15-14(12-7-4-3-5-8-12)11-13(17-15)9-6-10-16/h3-5,7-8,10-11H,2,6,9H2,1H3. The number of hydrogen-bond donors (Lipinski definition) is 0. The number of benzene rings is 1. The minimum Gasteiger partial charge on any atom is -0.303 e. The molecule has 2 aromatic rings. The molecule has 0 fully saturated rings. The monoisotopic (exact) mass is 244 g/mol. The van der Waals surface area contributed by atoms with Crippen LogP contribution < -0.4 is 0 Å². The number of aryl methyl sites for hydroxylation is 2. The Morgan fingerprint density at radius 2 is 2.00 bits per heavy atom. The predicted molar refractivity (Wildman–Crippen MR) is 73.5 cm³/mol. The lowest BCUT2D eigenvalue weighted by molar-refractivity contribution is -0.107. The van der Waals surface area contributed by atoms with Crippen LogP contribution in [0.3, 0.4) is 0 Å². The van der Waals surface area contributed by atoms with Crippen LogP contribution >= 0.6 is 11.3 Å². The second kappa shape index (κ2) is 5.78. The van der Waals surface area contributed by atoms with Crippen molar-refractivity contribution in [2.75, 3.05) is 0 Å². The summed E-state index contributed by atoms with van der Waals surface area (Å²) in [6.45, 7) is 2.18. The molecule has 0 aliphatic carbocycles. The zero-order chi connectivity index (χ0) is 12.1. The van der Waals surface area contributed by atoms with E-state index >= 15 is 0 Å². The second-order valence-electron chi connectivity index (χ2n) is 3.97. The van der Waals surface area contributed by atoms with Gasteiger partial charge in [-0.2, -0.15) is 0 Å². The van der Waals surface area contributed by atoms with Crippen molar-refractivity contribution in [2.24, 2.45) is 0 Å². The largest absolute Gasteiger partial charge is 0.303 e. The van der Waals surface area contributed by atoms with E-state index in [1.807, 2.05) is 17.4 Å². The molecule has 1 aromatic heterocycles. The van der Waals surface area contributed by atoms with Gasteiger partial charge in [-0.1, -0.05) is 37.3 Å². The highest BCUT2D eigenvalue weighted by atomic mass is 32.1. The Morgan fingerprint density at radius 3 is 2.65 bits per heavy atom. The molecule has 1 nitrogen and oxygen atoms in total. The number of thiophene rings is 1. The summed E-state index contributed by atoms with van der Waals surface area (Å²) >= 11 is 1.84. The van der Waals surface area contributed by atoms with Crippen LogP contribution in [0.25, 0.3) is 11.1 Å². The molecule has 0 atom stereocenters. The molecule has 0 spiro atoms. The molecule has 0 unspecified atom stereocenters. The fraction of sp³-hybridized carbons (Fsp3) is 0.267. The zero-order valence-electron chi connectivity index (χ0n) is 9.98. The first-order chi connectivity index (χ1) is 8.35. The molecule has 0 amide bonds. The number of carbonyl (C=O) groups is 1. The highest BCUT2D eigenvalue weighted by molar-refractivity contribution is 7.12. The van der Waals surface area contributed by atoms with Gasteiger partial charge in [0.15, 0.2) is 0 Å². The van der Waals surface area contributed by atoms with Crippen LogP contribution in [0, 0.1) is 0 Å². The van der Waals surface area contributed by atoms with Gasteiger partial charge in [-0.25, -0.2) is 0 Å². The van der Waals surface area contributed by atoms with Crippen molar-refractivity contribution in [1.82, 2.24) is 0 Å². The minimum absolute atomic E-state index is 0.623. The maximum absolute atomic E-state index is 10.4.